The summed E-state index contributed by atoms with van der Waals surface area (Å²) in [5, 5.41) is 32.0. The molecule has 1 spiro atoms. The number of fused-ring (bicyclic) bond motifs is 1. The van der Waals surface area contributed by atoms with Crippen LogP contribution in [0.25, 0.3) is 0 Å². The van der Waals surface area contributed by atoms with Gasteiger partial charge in [0.15, 0.2) is 0 Å². The van der Waals surface area contributed by atoms with Gasteiger partial charge in [-0.1, -0.05) is 6.58 Å². The molecular formula is C19H24O6. The Morgan fingerprint density at radius 3 is 2.72 bits per heavy atom. The normalized spacial score (nSPS) is 58.7. The van der Waals surface area contributed by atoms with E-state index in [0.717, 1.165) is 0 Å². The third kappa shape index (κ3) is 1.41. The molecule has 1 heterocycles. The lowest BCUT2D eigenvalue weighted by Gasteiger charge is -2.47. The fourth-order valence-corrected chi connectivity index (χ4v) is 7.62. The predicted molar refractivity (Wildman–Crippen MR) is 85.3 cm³/mol. The van der Waals surface area contributed by atoms with Gasteiger partial charge in [0.2, 0.25) is 0 Å². The SMILES string of the molecule is C=C1C[C@]23C[C@@]1(O)CC[C@H]2[C@]12OC(=O)[C@](C)(CC[C@H]1O)[C@H]2[C@@H]3C(=O)O. The topological polar surface area (TPSA) is 104 Å². The number of carbonyl (C=O) groups excluding carboxylic acids is 1. The minimum Gasteiger partial charge on any atom is -0.481 e. The molecule has 25 heavy (non-hydrogen) atoms. The fourth-order valence-electron chi connectivity index (χ4n) is 7.62. The van der Waals surface area contributed by atoms with Crippen LogP contribution in [-0.2, 0) is 14.3 Å². The van der Waals surface area contributed by atoms with Gasteiger partial charge in [0.1, 0.15) is 5.60 Å². The Balaban J connectivity index is 1.78. The van der Waals surface area contributed by atoms with Gasteiger partial charge < -0.3 is 20.1 Å². The fraction of sp³-hybridized carbons (Fsp3) is 0.789. The zero-order valence-electron chi connectivity index (χ0n) is 14.3. The maximum Gasteiger partial charge on any atom is 0.312 e. The van der Waals surface area contributed by atoms with E-state index < -0.39 is 45.9 Å². The number of carboxylic acids is 1. The van der Waals surface area contributed by atoms with E-state index in [-0.39, 0.29) is 11.9 Å². The second-order valence-electron chi connectivity index (χ2n) is 9.32. The number of hydrogen-bond donors (Lipinski definition) is 3. The molecule has 0 aromatic rings. The van der Waals surface area contributed by atoms with E-state index in [4.69, 9.17) is 4.74 Å². The van der Waals surface area contributed by atoms with E-state index in [1.807, 2.05) is 0 Å². The zero-order valence-corrected chi connectivity index (χ0v) is 14.3. The third-order valence-corrected chi connectivity index (χ3v) is 8.49. The molecule has 5 aliphatic rings. The molecule has 0 unspecified atom stereocenters. The summed E-state index contributed by atoms with van der Waals surface area (Å²) in [5.41, 5.74) is -3.02. The molecule has 3 N–H and O–H groups in total. The van der Waals surface area contributed by atoms with Crippen LogP contribution in [0.15, 0.2) is 12.2 Å². The molecule has 1 aliphatic heterocycles. The van der Waals surface area contributed by atoms with Crippen LogP contribution >= 0.6 is 0 Å². The second-order valence-corrected chi connectivity index (χ2v) is 9.32. The quantitative estimate of drug-likeness (QED) is 0.487. The van der Waals surface area contributed by atoms with Crippen LogP contribution in [0, 0.1) is 28.6 Å². The minimum absolute atomic E-state index is 0.244. The zero-order chi connectivity index (χ0) is 18.0. The van der Waals surface area contributed by atoms with Crippen molar-refractivity contribution in [3.63, 3.8) is 0 Å². The molecule has 136 valence electrons. The van der Waals surface area contributed by atoms with Crippen LogP contribution in [0.2, 0.25) is 0 Å². The van der Waals surface area contributed by atoms with Crippen molar-refractivity contribution in [2.45, 2.75) is 62.8 Å². The lowest BCUT2D eigenvalue weighted by molar-refractivity contribution is -0.177. The molecule has 0 aromatic carbocycles. The Morgan fingerprint density at radius 1 is 1.32 bits per heavy atom. The van der Waals surface area contributed by atoms with E-state index in [1.165, 1.54) is 0 Å². The number of aliphatic hydroxyl groups is 2. The van der Waals surface area contributed by atoms with Crippen molar-refractivity contribution < 1.29 is 29.6 Å². The van der Waals surface area contributed by atoms with Crippen LogP contribution in [0.1, 0.15) is 45.4 Å². The standard InChI is InChI=1S/C19H24O6/c1-9-7-17-8-18(9,24)6-3-10(17)19-11(20)4-5-16(2,15(23)25-19)13(19)12(17)14(21)22/h10-13,20,24H,1,3-8H2,2H3,(H,21,22)/t10-,11-,12-,13-,16-,17+,18+,19+/m1/s1. The molecule has 4 saturated carbocycles. The van der Waals surface area contributed by atoms with E-state index in [2.05, 4.69) is 6.58 Å². The van der Waals surface area contributed by atoms with Crippen LogP contribution in [0.3, 0.4) is 0 Å². The molecule has 0 aromatic heterocycles. The second kappa shape index (κ2) is 4.12. The molecule has 5 rings (SSSR count). The number of aliphatic hydroxyl groups excluding tert-OH is 1. The third-order valence-electron chi connectivity index (χ3n) is 8.49. The summed E-state index contributed by atoms with van der Waals surface area (Å²) in [7, 11) is 0. The summed E-state index contributed by atoms with van der Waals surface area (Å²) in [6, 6.07) is 0. The van der Waals surface area contributed by atoms with Crippen LogP contribution < -0.4 is 0 Å². The van der Waals surface area contributed by atoms with Gasteiger partial charge in [-0.2, -0.15) is 0 Å². The van der Waals surface area contributed by atoms with Crippen molar-refractivity contribution in [3.05, 3.63) is 12.2 Å². The van der Waals surface area contributed by atoms with Crippen LogP contribution in [0.5, 0.6) is 0 Å². The average Bonchev–Trinajstić information content (AvgIpc) is 2.95. The van der Waals surface area contributed by atoms with Crippen molar-refractivity contribution in [1.82, 2.24) is 0 Å². The molecule has 0 radical (unpaired) electrons. The molecule has 1 saturated heterocycles. The first-order valence-corrected chi connectivity index (χ1v) is 9.17. The Kier molecular flexibility index (Phi) is 2.61. The highest BCUT2D eigenvalue weighted by Gasteiger charge is 2.84. The first-order valence-electron chi connectivity index (χ1n) is 9.17. The van der Waals surface area contributed by atoms with Gasteiger partial charge in [-0.3, -0.25) is 9.59 Å². The Labute approximate surface area is 145 Å². The molecule has 6 nitrogen and oxygen atoms in total. The van der Waals surface area contributed by atoms with E-state index >= 15 is 0 Å². The van der Waals surface area contributed by atoms with Gasteiger partial charge in [-0.25, -0.2) is 0 Å². The lowest BCUT2D eigenvalue weighted by Crippen LogP contribution is -2.56. The van der Waals surface area contributed by atoms with Crippen molar-refractivity contribution >= 4 is 11.9 Å². The van der Waals surface area contributed by atoms with Gasteiger partial charge in [0.25, 0.3) is 0 Å². The first-order chi connectivity index (χ1) is 11.6. The molecule has 0 amide bonds. The van der Waals surface area contributed by atoms with Gasteiger partial charge in [0, 0.05) is 11.8 Å². The van der Waals surface area contributed by atoms with E-state index in [0.29, 0.717) is 44.1 Å². The summed E-state index contributed by atoms with van der Waals surface area (Å²) in [6.45, 7) is 5.83. The Bertz CT molecular complexity index is 731. The molecular weight excluding hydrogens is 324 g/mol. The van der Waals surface area contributed by atoms with E-state index in [1.54, 1.807) is 6.92 Å². The van der Waals surface area contributed by atoms with Crippen molar-refractivity contribution in [1.29, 1.82) is 0 Å². The maximum atomic E-state index is 12.7. The number of ether oxygens (including phenoxy) is 1. The highest BCUT2D eigenvalue weighted by Crippen LogP contribution is 2.78. The van der Waals surface area contributed by atoms with E-state index in [9.17, 15) is 24.9 Å². The van der Waals surface area contributed by atoms with Gasteiger partial charge in [-0.05, 0) is 56.4 Å². The van der Waals surface area contributed by atoms with Crippen molar-refractivity contribution in [3.8, 4) is 0 Å². The highest BCUT2D eigenvalue weighted by atomic mass is 16.6. The summed E-state index contributed by atoms with van der Waals surface area (Å²) in [4.78, 5) is 25.1. The largest absolute Gasteiger partial charge is 0.481 e. The number of esters is 1. The van der Waals surface area contributed by atoms with Crippen molar-refractivity contribution in [2.24, 2.45) is 28.6 Å². The average molecular weight is 348 g/mol. The first kappa shape index (κ1) is 15.8. The molecule has 4 aliphatic carbocycles. The summed E-state index contributed by atoms with van der Waals surface area (Å²) in [6.07, 6.45) is 1.86. The lowest BCUT2D eigenvalue weighted by atomic mass is 9.59. The Morgan fingerprint density at radius 2 is 2.04 bits per heavy atom. The van der Waals surface area contributed by atoms with Gasteiger partial charge in [0.05, 0.1) is 23.0 Å². The molecule has 5 fully saturated rings. The number of rotatable bonds is 1. The summed E-state index contributed by atoms with van der Waals surface area (Å²) >= 11 is 0. The number of aliphatic carboxylic acids is 1. The Hall–Kier alpha value is -1.40. The summed E-state index contributed by atoms with van der Waals surface area (Å²) in [5.74, 6) is -2.92. The van der Waals surface area contributed by atoms with Gasteiger partial charge in [-0.15, -0.1) is 0 Å². The molecule has 4 bridgehead atoms. The molecule has 8 atom stereocenters. The number of hydrogen-bond acceptors (Lipinski definition) is 5. The van der Waals surface area contributed by atoms with Gasteiger partial charge >= 0.3 is 11.9 Å². The molecule has 6 heteroatoms. The number of carboxylic acid groups (broad SMARTS) is 1. The van der Waals surface area contributed by atoms with Crippen LogP contribution in [-0.4, -0.2) is 44.6 Å². The summed E-state index contributed by atoms with van der Waals surface area (Å²) < 4.78 is 5.91. The predicted octanol–water partition coefficient (Wildman–Crippen LogP) is 1.25. The van der Waals surface area contributed by atoms with Crippen LogP contribution in [0.4, 0.5) is 0 Å². The monoisotopic (exact) mass is 348 g/mol. The maximum absolute atomic E-state index is 12.7. The highest BCUT2D eigenvalue weighted by molar-refractivity contribution is 5.85. The smallest absolute Gasteiger partial charge is 0.312 e. The number of carbonyl (C=O) groups is 2. The minimum atomic E-state index is -1.13. The van der Waals surface area contributed by atoms with Crippen molar-refractivity contribution in [2.75, 3.05) is 0 Å².